The van der Waals surface area contributed by atoms with E-state index in [0.29, 0.717) is 41.3 Å². The molecule has 39 heavy (non-hydrogen) atoms. The number of carbonyl (C=O) groups is 1. The van der Waals surface area contributed by atoms with Gasteiger partial charge in [0.1, 0.15) is 18.0 Å². The van der Waals surface area contributed by atoms with Crippen molar-refractivity contribution in [3.05, 3.63) is 59.5 Å². The quantitative estimate of drug-likeness (QED) is 0.384. The first-order valence-corrected chi connectivity index (χ1v) is 12.4. The maximum atomic E-state index is 13.7. The fourth-order valence-corrected chi connectivity index (χ4v) is 5.15. The Hall–Kier alpha value is -4.26. The number of rotatable bonds is 6. The summed E-state index contributed by atoms with van der Waals surface area (Å²) in [7, 11) is 3.56. The van der Waals surface area contributed by atoms with Crippen LogP contribution in [0.2, 0.25) is 0 Å². The number of aliphatic hydroxyl groups is 1. The fraction of sp³-hybridized carbons (Fsp3) is 0.346. The van der Waals surface area contributed by atoms with Crippen molar-refractivity contribution < 1.29 is 23.1 Å². The maximum Gasteiger partial charge on any atom is 0.416 e. The molecular weight excluding hydrogens is 513 g/mol. The summed E-state index contributed by atoms with van der Waals surface area (Å²) in [6, 6.07) is 7.03. The second kappa shape index (κ2) is 8.90. The highest BCUT2D eigenvalue weighted by atomic mass is 19.4. The lowest BCUT2D eigenvalue weighted by atomic mass is 9.80. The van der Waals surface area contributed by atoms with Gasteiger partial charge in [0.05, 0.1) is 35.2 Å². The normalized spacial score (nSPS) is 16.4. The molecule has 3 aromatic heterocycles. The van der Waals surface area contributed by atoms with E-state index in [9.17, 15) is 23.1 Å². The molecule has 0 bridgehead atoms. The summed E-state index contributed by atoms with van der Waals surface area (Å²) in [6.45, 7) is -0.0258. The maximum absolute atomic E-state index is 13.7. The first-order valence-electron chi connectivity index (χ1n) is 12.4. The van der Waals surface area contributed by atoms with E-state index >= 15 is 0 Å². The number of carbonyl (C=O) groups excluding carboxylic acids is 1. The zero-order valence-corrected chi connectivity index (χ0v) is 21.2. The molecule has 10 nitrogen and oxygen atoms in total. The van der Waals surface area contributed by atoms with Crippen molar-refractivity contribution in [2.75, 3.05) is 16.8 Å². The van der Waals surface area contributed by atoms with Gasteiger partial charge in [0.15, 0.2) is 5.82 Å². The summed E-state index contributed by atoms with van der Waals surface area (Å²) in [5.74, 6) is 0.542. The molecule has 4 heterocycles. The Labute approximate surface area is 221 Å². The Morgan fingerprint density at radius 3 is 2.62 bits per heavy atom. The molecule has 202 valence electrons. The van der Waals surface area contributed by atoms with Crippen molar-refractivity contribution in [2.45, 2.75) is 37.6 Å². The van der Waals surface area contributed by atoms with Crippen molar-refractivity contribution in [1.82, 2.24) is 29.5 Å². The van der Waals surface area contributed by atoms with Crippen LogP contribution in [0.1, 0.15) is 40.7 Å². The zero-order chi connectivity index (χ0) is 27.5. The van der Waals surface area contributed by atoms with E-state index in [0.717, 1.165) is 12.5 Å². The number of anilines is 2. The molecule has 2 N–H and O–H groups in total. The Morgan fingerprint density at radius 1 is 1.15 bits per heavy atom. The second-order valence-corrected chi connectivity index (χ2v) is 10.0. The van der Waals surface area contributed by atoms with Crippen molar-refractivity contribution in [1.29, 1.82) is 0 Å². The number of hydrogen-bond donors (Lipinski definition) is 2. The van der Waals surface area contributed by atoms with Gasteiger partial charge >= 0.3 is 6.18 Å². The van der Waals surface area contributed by atoms with E-state index in [2.05, 4.69) is 25.6 Å². The number of hydrogen-bond acceptors (Lipinski definition) is 7. The van der Waals surface area contributed by atoms with Crippen LogP contribution in [0.4, 0.5) is 24.8 Å². The number of alkyl halides is 3. The molecule has 1 fully saturated rings. The lowest BCUT2D eigenvalue weighted by molar-refractivity contribution is -0.138. The smallest absolute Gasteiger partial charge is 0.388 e. The van der Waals surface area contributed by atoms with Crippen LogP contribution < -0.4 is 10.2 Å². The molecule has 6 rings (SSSR count). The summed E-state index contributed by atoms with van der Waals surface area (Å²) in [5, 5.41) is 26.3. The molecule has 0 spiro atoms. The minimum Gasteiger partial charge on any atom is -0.388 e. The SMILES string of the molecule is Cn1cnnc1-c1cnn(C)c1-c1cc(NCC2(O)CCC2)nc(N2Cc3c(cccc3C(F)(F)F)C2=O)c1. The van der Waals surface area contributed by atoms with E-state index < -0.39 is 23.2 Å². The van der Waals surface area contributed by atoms with Gasteiger partial charge in [-0.05, 0) is 49.1 Å². The van der Waals surface area contributed by atoms with Gasteiger partial charge in [-0.15, -0.1) is 10.2 Å². The molecule has 2 aliphatic rings. The minimum absolute atomic E-state index is 0.00405. The van der Waals surface area contributed by atoms with Crippen molar-refractivity contribution in [3.63, 3.8) is 0 Å². The lowest BCUT2D eigenvalue weighted by Crippen LogP contribution is -2.43. The van der Waals surface area contributed by atoms with Crippen LogP contribution in [0.3, 0.4) is 0 Å². The van der Waals surface area contributed by atoms with Crippen LogP contribution in [0, 0.1) is 0 Å². The third-order valence-electron chi connectivity index (χ3n) is 7.41. The van der Waals surface area contributed by atoms with E-state index in [4.69, 9.17) is 0 Å². The fourth-order valence-electron chi connectivity index (χ4n) is 5.15. The topological polar surface area (TPSA) is 114 Å². The molecule has 4 aromatic rings. The highest BCUT2D eigenvalue weighted by molar-refractivity contribution is 6.10. The van der Waals surface area contributed by atoms with Gasteiger partial charge in [-0.2, -0.15) is 18.3 Å². The van der Waals surface area contributed by atoms with Crippen LogP contribution in [-0.4, -0.2) is 52.7 Å². The summed E-state index contributed by atoms with van der Waals surface area (Å²) >= 11 is 0. The predicted octanol–water partition coefficient (Wildman–Crippen LogP) is 3.78. The van der Waals surface area contributed by atoms with Gasteiger partial charge in [0, 0.05) is 31.8 Å². The predicted molar refractivity (Wildman–Crippen MR) is 136 cm³/mol. The molecule has 0 saturated heterocycles. The molecule has 1 aromatic carbocycles. The van der Waals surface area contributed by atoms with E-state index in [1.807, 2.05) is 0 Å². The third-order valence-corrected chi connectivity index (χ3v) is 7.41. The highest BCUT2D eigenvalue weighted by Gasteiger charge is 2.40. The number of fused-ring (bicyclic) bond motifs is 1. The molecule has 1 aliphatic carbocycles. The van der Waals surface area contributed by atoms with Crippen LogP contribution in [0.15, 0.2) is 42.9 Å². The number of aromatic nitrogens is 6. The first-order chi connectivity index (χ1) is 18.5. The number of nitrogens with one attached hydrogen (secondary N) is 1. The number of amides is 1. The average Bonchev–Trinajstić information content (AvgIpc) is 3.57. The van der Waals surface area contributed by atoms with E-state index in [-0.39, 0.29) is 30.0 Å². The molecular formula is C26H25F3N8O2. The first kappa shape index (κ1) is 25.0. The lowest BCUT2D eigenvalue weighted by Gasteiger charge is -2.36. The molecule has 1 aliphatic heterocycles. The van der Waals surface area contributed by atoms with Crippen molar-refractivity contribution in [2.24, 2.45) is 14.1 Å². The van der Waals surface area contributed by atoms with Gasteiger partial charge in [-0.25, -0.2) is 4.98 Å². The number of nitrogens with zero attached hydrogens (tertiary/aromatic N) is 7. The summed E-state index contributed by atoms with van der Waals surface area (Å²) < 4.78 is 44.5. The van der Waals surface area contributed by atoms with Gasteiger partial charge < -0.3 is 15.0 Å². The number of benzene rings is 1. The molecule has 0 unspecified atom stereocenters. The molecule has 1 amide bonds. The van der Waals surface area contributed by atoms with Gasteiger partial charge in [-0.3, -0.25) is 14.4 Å². The standard InChI is InChI=1S/C26H25F3N8O2/c1-35-14-31-34-23(35)17-11-32-36(2)22(17)15-9-20(30-13-25(39)7-4-8-25)33-21(10-15)37-12-18-16(24(37)38)5-3-6-19(18)26(27,28)29/h3,5-6,9-11,14,39H,4,7-8,12-13H2,1-2H3,(H,30,33). The zero-order valence-electron chi connectivity index (χ0n) is 21.2. The molecule has 0 atom stereocenters. The van der Waals surface area contributed by atoms with Gasteiger partial charge in [0.2, 0.25) is 0 Å². The average molecular weight is 539 g/mol. The van der Waals surface area contributed by atoms with Crippen LogP contribution in [0.25, 0.3) is 22.6 Å². The van der Waals surface area contributed by atoms with Gasteiger partial charge in [-0.1, -0.05) is 6.07 Å². The van der Waals surface area contributed by atoms with E-state index in [1.54, 1.807) is 48.0 Å². The number of halogens is 3. The molecule has 1 saturated carbocycles. The van der Waals surface area contributed by atoms with Crippen LogP contribution >= 0.6 is 0 Å². The van der Waals surface area contributed by atoms with Gasteiger partial charge in [0.25, 0.3) is 5.91 Å². The highest BCUT2D eigenvalue weighted by Crippen LogP contribution is 2.40. The summed E-state index contributed by atoms with van der Waals surface area (Å²) in [4.78, 5) is 19.2. The van der Waals surface area contributed by atoms with Crippen molar-refractivity contribution in [3.8, 4) is 22.6 Å². The summed E-state index contributed by atoms with van der Waals surface area (Å²) in [5.41, 5.74) is 0.162. The van der Waals surface area contributed by atoms with E-state index in [1.165, 1.54) is 17.0 Å². The Balaban J connectivity index is 1.45. The van der Waals surface area contributed by atoms with Crippen LogP contribution in [-0.2, 0) is 26.8 Å². The molecule has 13 heteroatoms. The minimum atomic E-state index is -4.60. The van der Waals surface area contributed by atoms with Crippen molar-refractivity contribution >= 4 is 17.5 Å². The molecule has 0 radical (unpaired) electrons. The third kappa shape index (κ3) is 4.32. The largest absolute Gasteiger partial charge is 0.416 e. The second-order valence-electron chi connectivity index (χ2n) is 10.0. The van der Waals surface area contributed by atoms with Crippen LogP contribution in [0.5, 0.6) is 0 Å². The number of pyridine rings is 1. The number of aryl methyl sites for hydroxylation is 2. The monoisotopic (exact) mass is 538 g/mol. The summed E-state index contributed by atoms with van der Waals surface area (Å²) in [6.07, 6.45) is 0.858. The Kier molecular flexibility index (Phi) is 5.72. The Bertz CT molecular complexity index is 1590. The Morgan fingerprint density at radius 2 is 1.95 bits per heavy atom.